The Morgan fingerprint density at radius 1 is 0.700 bits per heavy atom. The third kappa shape index (κ3) is 2.38. The van der Waals surface area contributed by atoms with Crippen LogP contribution in [0, 0.1) is 0 Å². The Morgan fingerprint density at radius 3 is 2.30 bits per heavy atom. The van der Waals surface area contributed by atoms with Crippen molar-refractivity contribution in [1.29, 1.82) is 0 Å². The Kier molecular flexibility index (Phi) is 3.63. The highest BCUT2D eigenvalue weighted by Crippen LogP contribution is 2.35. The van der Waals surface area contributed by atoms with Crippen LogP contribution in [0.2, 0.25) is 10.0 Å². The monoisotopic (exact) mass is 301 g/mol. The summed E-state index contributed by atoms with van der Waals surface area (Å²) in [4.78, 5) is 13.0. The van der Waals surface area contributed by atoms with Crippen molar-refractivity contribution in [2.24, 2.45) is 0 Å². The van der Waals surface area contributed by atoms with Crippen molar-refractivity contribution in [3.05, 3.63) is 65.0 Å². The average molecular weight is 302 g/mol. The van der Waals surface area contributed by atoms with E-state index in [-0.39, 0.29) is 0 Å². The van der Waals surface area contributed by atoms with Crippen LogP contribution in [0.4, 0.5) is 0 Å². The van der Waals surface area contributed by atoms with Gasteiger partial charge < -0.3 is 0 Å². The topological polar surface area (TPSA) is 38.7 Å². The molecule has 3 nitrogen and oxygen atoms in total. The van der Waals surface area contributed by atoms with Crippen LogP contribution >= 0.6 is 23.2 Å². The van der Waals surface area contributed by atoms with Gasteiger partial charge in [-0.1, -0.05) is 29.3 Å². The summed E-state index contributed by atoms with van der Waals surface area (Å²) in [5.41, 5.74) is 2.90. The van der Waals surface area contributed by atoms with Crippen molar-refractivity contribution in [2.45, 2.75) is 0 Å². The first kappa shape index (κ1) is 13.0. The van der Waals surface area contributed by atoms with Gasteiger partial charge in [0.1, 0.15) is 5.69 Å². The van der Waals surface area contributed by atoms with Gasteiger partial charge in [0, 0.05) is 24.2 Å². The molecule has 0 aliphatic carbocycles. The summed E-state index contributed by atoms with van der Waals surface area (Å²) in [5, 5.41) is 0.847. The molecule has 3 heterocycles. The molecule has 20 heavy (non-hydrogen) atoms. The van der Waals surface area contributed by atoms with Gasteiger partial charge in [0.2, 0.25) is 0 Å². The molecular weight excluding hydrogens is 293 g/mol. The van der Waals surface area contributed by atoms with E-state index in [0.29, 0.717) is 21.4 Å². The molecule has 0 atom stereocenters. The Labute approximate surface area is 126 Å². The summed E-state index contributed by atoms with van der Waals surface area (Å²) < 4.78 is 0. The van der Waals surface area contributed by atoms with Crippen molar-refractivity contribution in [2.75, 3.05) is 0 Å². The van der Waals surface area contributed by atoms with E-state index in [0.717, 1.165) is 11.3 Å². The van der Waals surface area contributed by atoms with Gasteiger partial charge in [-0.05, 0) is 30.3 Å². The molecule has 0 unspecified atom stereocenters. The fraction of sp³-hybridized carbons (Fsp3) is 0. The molecule has 3 aromatic rings. The fourth-order valence-electron chi connectivity index (χ4n) is 1.91. The van der Waals surface area contributed by atoms with E-state index in [1.807, 2.05) is 30.3 Å². The van der Waals surface area contributed by atoms with Gasteiger partial charge in [0.05, 0.1) is 21.4 Å². The highest BCUT2D eigenvalue weighted by atomic mass is 35.5. The van der Waals surface area contributed by atoms with Crippen LogP contribution in [0.25, 0.3) is 22.6 Å². The van der Waals surface area contributed by atoms with E-state index in [2.05, 4.69) is 15.0 Å². The van der Waals surface area contributed by atoms with Crippen molar-refractivity contribution in [3.8, 4) is 22.6 Å². The lowest BCUT2D eigenvalue weighted by Crippen LogP contribution is -1.93. The van der Waals surface area contributed by atoms with Gasteiger partial charge in [0.15, 0.2) is 0 Å². The summed E-state index contributed by atoms with van der Waals surface area (Å²) in [6.07, 6.45) is 5.04. The number of hydrogen-bond donors (Lipinski definition) is 0. The highest BCUT2D eigenvalue weighted by Gasteiger charge is 2.15. The maximum atomic E-state index is 6.23. The summed E-state index contributed by atoms with van der Waals surface area (Å²) in [6, 6.07) is 11.1. The number of rotatable bonds is 2. The summed E-state index contributed by atoms with van der Waals surface area (Å²) in [5.74, 6) is 0. The maximum Gasteiger partial charge on any atom is 0.109 e. The zero-order valence-corrected chi connectivity index (χ0v) is 11.8. The van der Waals surface area contributed by atoms with Crippen LogP contribution in [-0.4, -0.2) is 15.0 Å². The lowest BCUT2D eigenvalue weighted by atomic mass is 10.1. The average Bonchev–Trinajstić information content (AvgIpc) is 2.51. The molecule has 0 saturated heterocycles. The highest BCUT2D eigenvalue weighted by molar-refractivity contribution is 6.43. The smallest absolute Gasteiger partial charge is 0.109 e. The van der Waals surface area contributed by atoms with Gasteiger partial charge in [-0.25, -0.2) is 0 Å². The van der Waals surface area contributed by atoms with Gasteiger partial charge in [0.25, 0.3) is 0 Å². The van der Waals surface area contributed by atoms with Gasteiger partial charge >= 0.3 is 0 Å². The van der Waals surface area contributed by atoms with Crippen molar-refractivity contribution < 1.29 is 0 Å². The number of halogens is 2. The quantitative estimate of drug-likeness (QED) is 0.699. The van der Waals surface area contributed by atoms with Crippen molar-refractivity contribution in [3.63, 3.8) is 0 Å². The SMILES string of the molecule is Clc1ccnc(-c2ncccc2-c2ccccn2)c1Cl. The molecule has 0 aliphatic heterocycles. The lowest BCUT2D eigenvalue weighted by Gasteiger charge is -2.09. The predicted octanol–water partition coefficient (Wildman–Crippen LogP) is 4.51. The van der Waals surface area contributed by atoms with E-state index < -0.39 is 0 Å². The lowest BCUT2D eigenvalue weighted by molar-refractivity contribution is 1.23. The Balaban J connectivity index is 2.23. The molecule has 0 N–H and O–H groups in total. The minimum atomic E-state index is 0.394. The normalized spacial score (nSPS) is 10.5. The fourth-order valence-corrected chi connectivity index (χ4v) is 2.26. The number of hydrogen-bond acceptors (Lipinski definition) is 3. The first-order chi connectivity index (χ1) is 9.77. The minimum absolute atomic E-state index is 0.394. The second kappa shape index (κ2) is 5.57. The van der Waals surface area contributed by atoms with E-state index >= 15 is 0 Å². The molecule has 0 spiro atoms. The van der Waals surface area contributed by atoms with Crippen LogP contribution in [0.15, 0.2) is 55.0 Å². The summed E-state index contributed by atoms with van der Waals surface area (Å²) in [6.45, 7) is 0. The molecule has 0 fully saturated rings. The summed E-state index contributed by atoms with van der Waals surface area (Å²) >= 11 is 12.3. The summed E-state index contributed by atoms with van der Waals surface area (Å²) in [7, 11) is 0. The second-order valence-corrected chi connectivity index (χ2v) is 4.86. The molecule has 0 saturated carbocycles. The molecule has 3 aromatic heterocycles. The predicted molar refractivity (Wildman–Crippen MR) is 80.7 cm³/mol. The van der Waals surface area contributed by atoms with Gasteiger partial charge in [-0.2, -0.15) is 0 Å². The molecule has 0 amide bonds. The van der Waals surface area contributed by atoms with Crippen LogP contribution in [0.3, 0.4) is 0 Å². The molecule has 0 bridgehead atoms. The first-order valence-corrected chi connectivity index (χ1v) is 6.70. The second-order valence-electron chi connectivity index (χ2n) is 4.07. The molecule has 0 radical (unpaired) electrons. The molecule has 3 rings (SSSR count). The van der Waals surface area contributed by atoms with E-state index in [4.69, 9.17) is 23.2 Å². The molecule has 0 aliphatic rings. The Bertz CT molecular complexity index is 745. The molecular formula is C15H9Cl2N3. The van der Waals surface area contributed by atoms with Crippen LogP contribution < -0.4 is 0 Å². The third-order valence-electron chi connectivity index (χ3n) is 2.81. The van der Waals surface area contributed by atoms with Crippen molar-refractivity contribution >= 4 is 23.2 Å². The molecule has 5 heteroatoms. The number of nitrogens with zero attached hydrogens (tertiary/aromatic N) is 3. The number of pyridine rings is 3. The maximum absolute atomic E-state index is 6.23. The van der Waals surface area contributed by atoms with Crippen molar-refractivity contribution in [1.82, 2.24) is 15.0 Å². The van der Waals surface area contributed by atoms with Gasteiger partial charge in [-0.3, -0.25) is 15.0 Å². The number of aromatic nitrogens is 3. The minimum Gasteiger partial charge on any atom is -0.256 e. The van der Waals surface area contributed by atoms with Crippen LogP contribution in [0.1, 0.15) is 0 Å². The van der Waals surface area contributed by atoms with E-state index in [1.165, 1.54) is 0 Å². The zero-order valence-electron chi connectivity index (χ0n) is 10.3. The van der Waals surface area contributed by atoms with Gasteiger partial charge in [-0.15, -0.1) is 0 Å². The third-order valence-corrected chi connectivity index (χ3v) is 3.61. The van der Waals surface area contributed by atoms with E-state index in [9.17, 15) is 0 Å². The zero-order chi connectivity index (χ0) is 13.9. The molecule has 0 aromatic carbocycles. The largest absolute Gasteiger partial charge is 0.256 e. The van der Waals surface area contributed by atoms with Crippen LogP contribution in [-0.2, 0) is 0 Å². The Hall–Kier alpha value is -1.97. The first-order valence-electron chi connectivity index (χ1n) is 5.94. The Morgan fingerprint density at radius 2 is 1.50 bits per heavy atom. The molecule has 98 valence electrons. The standard InChI is InChI=1S/C15H9Cl2N3/c16-11-6-9-20-15(13(11)17)14-10(4-3-8-19-14)12-5-1-2-7-18-12/h1-9H. The van der Waals surface area contributed by atoms with Crippen LogP contribution in [0.5, 0.6) is 0 Å². The van der Waals surface area contributed by atoms with E-state index in [1.54, 1.807) is 24.7 Å².